The number of nitrogens with one attached hydrogen (secondary N) is 1. The van der Waals surface area contributed by atoms with Crippen molar-refractivity contribution in [1.82, 2.24) is 0 Å². The van der Waals surface area contributed by atoms with E-state index in [2.05, 4.69) is 5.32 Å². The highest BCUT2D eigenvalue weighted by molar-refractivity contribution is 5.51. The summed E-state index contributed by atoms with van der Waals surface area (Å²) in [4.78, 5) is 0. The zero-order valence-corrected chi connectivity index (χ0v) is 8.61. The van der Waals surface area contributed by atoms with Crippen molar-refractivity contribution in [1.29, 1.82) is 0 Å². The van der Waals surface area contributed by atoms with E-state index in [1.54, 1.807) is 0 Å². The van der Waals surface area contributed by atoms with Gasteiger partial charge in [-0.1, -0.05) is 0 Å². The number of hydrogen-bond donors (Lipinski definition) is 2. The Balaban J connectivity index is 1.71. The smallest absolute Gasteiger partial charge is 0.147 e. The largest absolute Gasteiger partial charge is 0.399 e. The monoisotopic (exact) mass is 208 g/mol. The summed E-state index contributed by atoms with van der Waals surface area (Å²) in [6, 6.07) is 7.72. The third-order valence-corrected chi connectivity index (χ3v) is 2.40. The Morgan fingerprint density at radius 1 is 1.33 bits per heavy atom. The van der Waals surface area contributed by atoms with Crippen molar-refractivity contribution in [2.75, 3.05) is 31.0 Å². The Morgan fingerprint density at radius 3 is 2.80 bits per heavy atom. The first-order valence-electron chi connectivity index (χ1n) is 5.13. The first-order chi connectivity index (χ1) is 7.34. The van der Waals surface area contributed by atoms with Crippen LogP contribution < -0.4 is 11.1 Å². The summed E-state index contributed by atoms with van der Waals surface area (Å²) in [5, 5.41) is 3.31. The van der Waals surface area contributed by atoms with Gasteiger partial charge in [0, 0.05) is 17.9 Å². The highest BCUT2D eigenvalue weighted by Crippen LogP contribution is 2.12. The molecule has 0 aliphatic carbocycles. The highest BCUT2D eigenvalue weighted by atomic mass is 16.7. The van der Waals surface area contributed by atoms with Gasteiger partial charge in [-0.25, -0.2) is 0 Å². The van der Waals surface area contributed by atoms with Gasteiger partial charge in [-0.05, 0) is 30.7 Å². The van der Waals surface area contributed by atoms with Crippen LogP contribution in [-0.4, -0.2) is 26.0 Å². The van der Waals surface area contributed by atoms with Gasteiger partial charge in [-0.3, -0.25) is 0 Å². The van der Waals surface area contributed by atoms with Crippen molar-refractivity contribution in [2.45, 2.75) is 12.5 Å². The number of rotatable bonds is 4. The van der Waals surface area contributed by atoms with Crippen LogP contribution in [-0.2, 0) is 9.47 Å². The number of anilines is 2. The molecule has 1 aromatic carbocycles. The standard InChI is InChI=1S/C11H16N2O2/c12-9-1-3-10(4-2-9)13-6-5-11-7-14-8-15-11/h1-4,11,13H,5-8,12H2. The summed E-state index contributed by atoms with van der Waals surface area (Å²) in [6.45, 7) is 2.04. The first-order valence-corrected chi connectivity index (χ1v) is 5.13. The number of hydrogen-bond acceptors (Lipinski definition) is 4. The minimum atomic E-state index is 0.242. The summed E-state index contributed by atoms with van der Waals surface area (Å²) in [7, 11) is 0. The van der Waals surface area contributed by atoms with Crippen LogP contribution in [0.4, 0.5) is 11.4 Å². The Morgan fingerprint density at radius 2 is 2.13 bits per heavy atom. The van der Waals surface area contributed by atoms with Crippen molar-refractivity contribution in [3.05, 3.63) is 24.3 Å². The fourth-order valence-corrected chi connectivity index (χ4v) is 1.52. The van der Waals surface area contributed by atoms with Gasteiger partial charge >= 0.3 is 0 Å². The molecule has 2 rings (SSSR count). The normalized spacial score (nSPS) is 20.4. The average Bonchev–Trinajstić information content (AvgIpc) is 2.74. The van der Waals surface area contributed by atoms with Crippen LogP contribution in [0.3, 0.4) is 0 Å². The summed E-state index contributed by atoms with van der Waals surface area (Å²) >= 11 is 0. The Labute approximate surface area is 89.4 Å². The van der Waals surface area contributed by atoms with E-state index in [1.807, 2.05) is 24.3 Å². The topological polar surface area (TPSA) is 56.5 Å². The van der Waals surface area contributed by atoms with Gasteiger partial charge in [0.05, 0.1) is 12.7 Å². The molecule has 1 aliphatic heterocycles. The molecule has 1 aliphatic rings. The summed E-state index contributed by atoms with van der Waals surface area (Å²) in [5.41, 5.74) is 7.46. The molecule has 0 aromatic heterocycles. The summed E-state index contributed by atoms with van der Waals surface area (Å²) in [5.74, 6) is 0. The lowest BCUT2D eigenvalue weighted by Crippen LogP contribution is -2.15. The van der Waals surface area contributed by atoms with Crippen molar-refractivity contribution >= 4 is 11.4 Å². The summed E-state index contributed by atoms with van der Waals surface area (Å²) in [6.07, 6.45) is 1.20. The number of benzene rings is 1. The molecule has 1 aromatic rings. The molecule has 1 atom stereocenters. The van der Waals surface area contributed by atoms with E-state index in [1.165, 1.54) is 0 Å². The van der Waals surface area contributed by atoms with Crippen molar-refractivity contribution in [2.24, 2.45) is 0 Å². The Hall–Kier alpha value is -1.26. The van der Waals surface area contributed by atoms with Crippen LogP contribution in [0.5, 0.6) is 0 Å². The third-order valence-electron chi connectivity index (χ3n) is 2.40. The molecule has 0 amide bonds. The molecule has 0 radical (unpaired) electrons. The molecule has 3 N–H and O–H groups in total. The average molecular weight is 208 g/mol. The molecule has 4 nitrogen and oxygen atoms in total. The van der Waals surface area contributed by atoms with Crippen molar-refractivity contribution in [3.63, 3.8) is 0 Å². The Kier molecular flexibility index (Phi) is 3.42. The number of nitrogens with two attached hydrogens (primary N) is 1. The van der Waals surface area contributed by atoms with Crippen LogP contribution in [0.1, 0.15) is 6.42 Å². The lowest BCUT2D eigenvalue weighted by Gasteiger charge is -2.09. The van der Waals surface area contributed by atoms with E-state index >= 15 is 0 Å². The van der Waals surface area contributed by atoms with Gasteiger partial charge in [-0.15, -0.1) is 0 Å². The predicted octanol–water partition coefficient (Wildman–Crippen LogP) is 1.44. The maximum absolute atomic E-state index is 5.59. The third kappa shape index (κ3) is 3.11. The predicted molar refractivity (Wildman–Crippen MR) is 59.7 cm³/mol. The van der Waals surface area contributed by atoms with Crippen LogP contribution in [0.2, 0.25) is 0 Å². The van der Waals surface area contributed by atoms with Crippen LogP contribution in [0.25, 0.3) is 0 Å². The van der Waals surface area contributed by atoms with Gasteiger partial charge < -0.3 is 20.5 Å². The molecule has 0 bridgehead atoms. The van der Waals surface area contributed by atoms with E-state index in [9.17, 15) is 0 Å². The lowest BCUT2D eigenvalue weighted by atomic mass is 10.2. The molecule has 4 heteroatoms. The summed E-state index contributed by atoms with van der Waals surface area (Å²) < 4.78 is 10.4. The van der Waals surface area contributed by atoms with E-state index < -0.39 is 0 Å². The zero-order chi connectivity index (χ0) is 10.5. The second kappa shape index (κ2) is 5.00. The minimum Gasteiger partial charge on any atom is -0.399 e. The van der Waals surface area contributed by atoms with Crippen LogP contribution in [0.15, 0.2) is 24.3 Å². The van der Waals surface area contributed by atoms with Gasteiger partial charge in [-0.2, -0.15) is 0 Å². The molecule has 1 heterocycles. The number of nitrogen functional groups attached to an aromatic ring is 1. The van der Waals surface area contributed by atoms with Crippen molar-refractivity contribution < 1.29 is 9.47 Å². The molecule has 15 heavy (non-hydrogen) atoms. The molecular formula is C11H16N2O2. The molecule has 0 saturated carbocycles. The molecule has 0 spiro atoms. The molecule has 1 fully saturated rings. The molecular weight excluding hydrogens is 192 g/mol. The van der Waals surface area contributed by atoms with Gasteiger partial charge in [0.25, 0.3) is 0 Å². The van der Waals surface area contributed by atoms with E-state index in [0.29, 0.717) is 13.4 Å². The van der Waals surface area contributed by atoms with E-state index in [4.69, 9.17) is 15.2 Å². The van der Waals surface area contributed by atoms with Gasteiger partial charge in [0.1, 0.15) is 6.79 Å². The number of ether oxygens (including phenoxy) is 2. The zero-order valence-electron chi connectivity index (χ0n) is 8.61. The SMILES string of the molecule is Nc1ccc(NCCC2COCO2)cc1. The van der Waals surface area contributed by atoms with Crippen molar-refractivity contribution in [3.8, 4) is 0 Å². The molecule has 82 valence electrons. The lowest BCUT2D eigenvalue weighted by molar-refractivity contribution is 0.0456. The van der Waals surface area contributed by atoms with E-state index in [0.717, 1.165) is 24.3 Å². The van der Waals surface area contributed by atoms with Crippen LogP contribution >= 0.6 is 0 Å². The van der Waals surface area contributed by atoms with Gasteiger partial charge in [0.2, 0.25) is 0 Å². The quantitative estimate of drug-likeness (QED) is 0.735. The fourth-order valence-electron chi connectivity index (χ4n) is 1.52. The fraction of sp³-hybridized carbons (Fsp3) is 0.455. The maximum Gasteiger partial charge on any atom is 0.147 e. The molecule has 1 saturated heterocycles. The minimum absolute atomic E-state index is 0.242. The first kappa shape index (κ1) is 10.3. The second-order valence-electron chi connectivity index (χ2n) is 3.61. The molecule has 1 unspecified atom stereocenters. The van der Waals surface area contributed by atoms with Crippen LogP contribution in [0, 0.1) is 0 Å². The highest BCUT2D eigenvalue weighted by Gasteiger charge is 2.14. The second-order valence-corrected chi connectivity index (χ2v) is 3.61. The van der Waals surface area contributed by atoms with Gasteiger partial charge in [0.15, 0.2) is 0 Å². The maximum atomic E-state index is 5.59. The Bertz CT molecular complexity index is 294. The van der Waals surface area contributed by atoms with E-state index in [-0.39, 0.29) is 6.10 Å².